The Hall–Kier alpha value is -1.94. The van der Waals surface area contributed by atoms with Gasteiger partial charge in [0.25, 0.3) is 0 Å². The summed E-state index contributed by atoms with van der Waals surface area (Å²) in [5.74, 6) is -0.541. The molecule has 0 rings (SSSR count). The fourth-order valence-electron chi connectivity index (χ4n) is 12.2. The quantitative estimate of drug-likeness (QED) is 0.0222. The van der Waals surface area contributed by atoms with E-state index in [0.29, 0.717) is 25.7 Å². The molecule has 582 valence electrons. The van der Waals surface area contributed by atoms with Crippen LogP contribution in [0.5, 0.6) is 0 Å². The first-order valence-corrected chi connectivity index (χ1v) is 44.0. The summed E-state index contributed by atoms with van der Waals surface area (Å²) < 4.78 is 68.7. The number of unbranched alkanes of at least 4 members (excludes halogenated alkanes) is 48. The van der Waals surface area contributed by atoms with Gasteiger partial charge in [-0.25, -0.2) is 9.13 Å². The lowest BCUT2D eigenvalue weighted by Gasteiger charge is -2.21. The molecule has 0 saturated heterocycles. The fourth-order valence-corrected chi connectivity index (χ4v) is 13.8. The molecule has 0 aliphatic carbocycles. The molecule has 0 saturated carbocycles. The normalized spacial score (nSPS) is 13.9. The van der Waals surface area contributed by atoms with Crippen molar-refractivity contribution in [1.82, 2.24) is 0 Å². The van der Waals surface area contributed by atoms with Gasteiger partial charge in [-0.05, 0) is 37.5 Å². The highest BCUT2D eigenvalue weighted by molar-refractivity contribution is 7.47. The van der Waals surface area contributed by atoms with E-state index in [9.17, 15) is 43.2 Å². The fraction of sp³-hybridized carbons (Fsp3) is 0.949. The molecule has 0 fully saturated rings. The number of hydrogen-bond donors (Lipinski definition) is 3. The van der Waals surface area contributed by atoms with Crippen LogP contribution in [-0.2, 0) is 65.4 Å². The average molecular weight is 1440 g/mol. The van der Waals surface area contributed by atoms with Crippen molar-refractivity contribution in [3.63, 3.8) is 0 Å². The van der Waals surface area contributed by atoms with E-state index in [2.05, 4.69) is 41.5 Å². The predicted octanol–water partition coefficient (Wildman–Crippen LogP) is 23.5. The van der Waals surface area contributed by atoms with E-state index < -0.39 is 97.5 Å². The Balaban J connectivity index is 5.25. The number of aliphatic hydroxyl groups is 1. The largest absolute Gasteiger partial charge is 0.472 e. The Labute approximate surface area is 600 Å². The second kappa shape index (κ2) is 70.7. The summed E-state index contributed by atoms with van der Waals surface area (Å²) in [5.41, 5.74) is 0. The standard InChI is InChI=1S/C79H154O17P2/c1-7-9-11-13-15-17-19-20-22-26-32-38-44-50-56-62-77(82)90-68-75(95-78(83)63-57-51-45-39-33-27-24-21-23-25-30-35-41-47-53-59-71(3)4)70-94-98(87,88)92-66-73(80)65-91-97(85,86)93-69-74(67-89-76(81)61-55-49-43-37-29-18-16-14-12-10-8-2)96-79(84)64-58-52-46-40-34-28-31-36-42-48-54-60-72(5)6/h71-75,80H,7-70H2,1-6H3,(H,85,86)(H,87,88)/t73-,74+,75+/m0/s1. The molecule has 98 heavy (non-hydrogen) atoms. The number of rotatable bonds is 78. The maximum atomic E-state index is 13.1. The van der Waals surface area contributed by atoms with Crippen molar-refractivity contribution < 1.29 is 80.2 Å². The van der Waals surface area contributed by atoms with Crippen LogP contribution < -0.4 is 0 Å². The zero-order valence-corrected chi connectivity index (χ0v) is 65.9. The lowest BCUT2D eigenvalue weighted by molar-refractivity contribution is -0.161. The molecule has 2 unspecified atom stereocenters. The van der Waals surface area contributed by atoms with E-state index in [1.807, 2.05) is 0 Å². The average Bonchev–Trinajstić information content (AvgIpc) is 1.11. The van der Waals surface area contributed by atoms with Crippen LogP contribution in [0.25, 0.3) is 0 Å². The Kier molecular flexibility index (Phi) is 69.3. The van der Waals surface area contributed by atoms with Gasteiger partial charge in [0.15, 0.2) is 12.2 Å². The Morgan fingerprint density at radius 2 is 0.469 bits per heavy atom. The zero-order valence-electron chi connectivity index (χ0n) is 64.1. The third-order valence-electron chi connectivity index (χ3n) is 18.5. The SMILES string of the molecule is CCCCCCCCCCCCCCCCCC(=O)OC[C@H](COP(=O)(O)OC[C@@H](O)COP(=O)(O)OC[C@@H](COC(=O)CCCCCCCCCCCCC)OC(=O)CCCCCCCCCCCCCC(C)C)OC(=O)CCCCCCCCCCCCCCCCCC(C)C. The van der Waals surface area contributed by atoms with Crippen LogP contribution >= 0.6 is 15.6 Å². The monoisotopic (exact) mass is 1440 g/mol. The van der Waals surface area contributed by atoms with E-state index in [1.165, 1.54) is 231 Å². The van der Waals surface area contributed by atoms with Gasteiger partial charge < -0.3 is 33.8 Å². The summed E-state index contributed by atoms with van der Waals surface area (Å²) in [6, 6.07) is 0. The molecule has 0 aliphatic heterocycles. The highest BCUT2D eigenvalue weighted by Gasteiger charge is 2.30. The minimum Gasteiger partial charge on any atom is -0.462 e. The van der Waals surface area contributed by atoms with Crippen molar-refractivity contribution in [1.29, 1.82) is 0 Å². The van der Waals surface area contributed by atoms with E-state index >= 15 is 0 Å². The zero-order chi connectivity index (χ0) is 72.1. The molecule has 0 amide bonds. The van der Waals surface area contributed by atoms with Crippen LogP contribution in [0.4, 0.5) is 0 Å². The Morgan fingerprint density at radius 3 is 0.694 bits per heavy atom. The van der Waals surface area contributed by atoms with Gasteiger partial charge in [-0.15, -0.1) is 0 Å². The van der Waals surface area contributed by atoms with Gasteiger partial charge in [-0.1, -0.05) is 363 Å². The molecule has 17 nitrogen and oxygen atoms in total. The molecular weight excluding hydrogens is 1280 g/mol. The lowest BCUT2D eigenvalue weighted by atomic mass is 10.0. The number of phosphoric acid groups is 2. The van der Waals surface area contributed by atoms with E-state index in [1.54, 1.807) is 0 Å². The smallest absolute Gasteiger partial charge is 0.462 e. The molecule has 0 aromatic rings. The molecule has 0 radical (unpaired) electrons. The van der Waals surface area contributed by atoms with Crippen LogP contribution in [0.1, 0.15) is 414 Å². The first-order valence-electron chi connectivity index (χ1n) is 41.0. The molecule has 0 aromatic heterocycles. The molecule has 0 aliphatic rings. The molecule has 3 N–H and O–H groups in total. The second-order valence-corrected chi connectivity index (χ2v) is 32.3. The summed E-state index contributed by atoms with van der Waals surface area (Å²) in [5, 5.41) is 10.6. The first kappa shape index (κ1) is 96.1. The topological polar surface area (TPSA) is 237 Å². The van der Waals surface area contributed by atoms with Crippen molar-refractivity contribution in [3.05, 3.63) is 0 Å². The van der Waals surface area contributed by atoms with Crippen molar-refractivity contribution in [2.45, 2.75) is 432 Å². The molecule has 0 heterocycles. The van der Waals surface area contributed by atoms with Crippen LogP contribution in [0.15, 0.2) is 0 Å². The Bertz CT molecular complexity index is 1890. The van der Waals surface area contributed by atoms with Gasteiger partial charge in [0, 0.05) is 25.7 Å². The maximum absolute atomic E-state index is 13.1. The van der Waals surface area contributed by atoms with E-state index in [0.717, 1.165) is 102 Å². The molecule has 0 bridgehead atoms. The summed E-state index contributed by atoms with van der Waals surface area (Å²) in [4.78, 5) is 73.0. The summed E-state index contributed by atoms with van der Waals surface area (Å²) >= 11 is 0. The Morgan fingerprint density at radius 1 is 0.276 bits per heavy atom. The summed E-state index contributed by atoms with van der Waals surface area (Å²) in [7, 11) is -9.92. The van der Waals surface area contributed by atoms with Gasteiger partial charge in [0.2, 0.25) is 0 Å². The number of carbonyl (C=O) groups is 4. The molecule has 19 heteroatoms. The highest BCUT2D eigenvalue weighted by atomic mass is 31.2. The van der Waals surface area contributed by atoms with Crippen LogP contribution in [-0.4, -0.2) is 96.7 Å². The van der Waals surface area contributed by atoms with E-state index in [-0.39, 0.29) is 25.7 Å². The molecular formula is C79H154O17P2. The number of phosphoric ester groups is 2. The maximum Gasteiger partial charge on any atom is 0.472 e. The third-order valence-corrected chi connectivity index (χ3v) is 20.4. The molecule has 5 atom stereocenters. The third kappa shape index (κ3) is 72.4. The second-order valence-electron chi connectivity index (χ2n) is 29.4. The van der Waals surface area contributed by atoms with Crippen molar-refractivity contribution in [2.75, 3.05) is 39.6 Å². The summed E-state index contributed by atoms with van der Waals surface area (Å²) in [6.07, 6.45) is 59.5. The van der Waals surface area contributed by atoms with Crippen LogP contribution in [0.3, 0.4) is 0 Å². The van der Waals surface area contributed by atoms with E-state index in [4.69, 9.17) is 37.0 Å². The van der Waals surface area contributed by atoms with Gasteiger partial charge in [-0.2, -0.15) is 0 Å². The minimum atomic E-state index is -4.96. The van der Waals surface area contributed by atoms with Crippen molar-refractivity contribution >= 4 is 39.5 Å². The summed E-state index contributed by atoms with van der Waals surface area (Å²) in [6.45, 7) is 9.65. The number of hydrogen-bond acceptors (Lipinski definition) is 15. The minimum absolute atomic E-state index is 0.107. The van der Waals surface area contributed by atoms with Gasteiger partial charge in [0.1, 0.15) is 19.3 Å². The molecule has 0 spiro atoms. The number of carbonyl (C=O) groups excluding carboxylic acids is 4. The number of esters is 4. The van der Waals surface area contributed by atoms with Gasteiger partial charge in [0.05, 0.1) is 26.4 Å². The van der Waals surface area contributed by atoms with Gasteiger partial charge in [-0.3, -0.25) is 37.3 Å². The van der Waals surface area contributed by atoms with Crippen LogP contribution in [0, 0.1) is 11.8 Å². The number of aliphatic hydroxyl groups excluding tert-OH is 1. The highest BCUT2D eigenvalue weighted by Crippen LogP contribution is 2.45. The number of ether oxygens (including phenoxy) is 4. The van der Waals surface area contributed by atoms with Crippen molar-refractivity contribution in [3.8, 4) is 0 Å². The lowest BCUT2D eigenvalue weighted by Crippen LogP contribution is -2.30. The molecule has 0 aromatic carbocycles. The van der Waals surface area contributed by atoms with Crippen LogP contribution in [0.2, 0.25) is 0 Å². The first-order chi connectivity index (χ1) is 47.4. The predicted molar refractivity (Wildman–Crippen MR) is 400 cm³/mol. The van der Waals surface area contributed by atoms with Crippen molar-refractivity contribution in [2.24, 2.45) is 11.8 Å². The van der Waals surface area contributed by atoms with Gasteiger partial charge >= 0.3 is 39.5 Å².